The van der Waals surface area contributed by atoms with Crippen LogP contribution in [-0.2, 0) is 0 Å². The topological polar surface area (TPSA) is 3.24 Å². The molecule has 0 heterocycles. The van der Waals surface area contributed by atoms with Crippen LogP contribution in [0.1, 0.15) is 51.9 Å². The first-order valence-electron chi connectivity index (χ1n) is 5.49. The van der Waals surface area contributed by atoms with E-state index in [0.29, 0.717) is 0 Å². The highest BCUT2D eigenvalue weighted by Crippen LogP contribution is 2.12. The zero-order valence-electron chi connectivity index (χ0n) is 9.76. The molecule has 1 nitrogen and oxygen atoms in total. The Labute approximate surface area is 101 Å². The first-order valence-corrected chi connectivity index (χ1v) is 5.92. The van der Waals surface area contributed by atoms with Gasteiger partial charge in [0.25, 0.3) is 0 Å². The molecule has 0 spiro atoms. The molecule has 0 saturated carbocycles. The lowest BCUT2D eigenvalue weighted by Gasteiger charge is -2.16. The lowest BCUT2D eigenvalue weighted by molar-refractivity contribution is 0.351. The van der Waals surface area contributed by atoms with E-state index in [0.717, 1.165) is 6.42 Å². The highest BCUT2D eigenvalue weighted by molar-refractivity contribution is 6.20. The molecule has 1 unspecified atom stereocenters. The summed E-state index contributed by atoms with van der Waals surface area (Å²) in [6.45, 7) is 2.25. The highest BCUT2D eigenvalue weighted by Gasteiger charge is 2.05. The van der Waals surface area contributed by atoms with Crippen molar-refractivity contribution in [2.24, 2.45) is 0 Å². The molecule has 0 aliphatic rings. The quantitative estimate of drug-likeness (QED) is 0.349. The smallest absolute Gasteiger partial charge is 0.0845 e. The fraction of sp³-hybridized carbons (Fsp3) is 1.00. The van der Waals surface area contributed by atoms with E-state index < -0.39 is 0 Å². The van der Waals surface area contributed by atoms with E-state index in [2.05, 4.69) is 11.8 Å². The molecule has 1 atom stereocenters. The third-order valence-electron chi connectivity index (χ3n) is 2.36. The van der Waals surface area contributed by atoms with Gasteiger partial charge in [0.1, 0.15) is 0 Å². The number of halogens is 2. The molecule has 0 aliphatic heterocycles. The molecule has 0 saturated heterocycles. The molecule has 0 rings (SSSR count). The molecular formula is C11H25Cl2N. The molecule has 0 aliphatic carbocycles. The minimum Gasteiger partial charge on any atom is -0.294 e. The van der Waals surface area contributed by atoms with Crippen molar-refractivity contribution in [1.82, 2.24) is 4.90 Å². The highest BCUT2D eigenvalue weighted by atomic mass is 35.5. The second kappa shape index (κ2) is 11.6. The van der Waals surface area contributed by atoms with Crippen LogP contribution in [0.5, 0.6) is 0 Å². The van der Waals surface area contributed by atoms with E-state index in [4.69, 9.17) is 11.6 Å². The van der Waals surface area contributed by atoms with Crippen LogP contribution in [-0.4, -0.2) is 24.5 Å². The third-order valence-corrected chi connectivity index (χ3v) is 2.96. The van der Waals surface area contributed by atoms with Crippen molar-refractivity contribution in [3.63, 3.8) is 0 Å². The van der Waals surface area contributed by atoms with Crippen molar-refractivity contribution in [2.45, 2.75) is 57.4 Å². The molecular weight excluding hydrogens is 217 g/mol. The van der Waals surface area contributed by atoms with E-state index in [1.54, 1.807) is 0 Å². The van der Waals surface area contributed by atoms with Crippen molar-refractivity contribution in [3.05, 3.63) is 0 Å². The Hall–Kier alpha value is 0.540. The van der Waals surface area contributed by atoms with Gasteiger partial charge < -0.3 is 0 Å². The minimum absolute atomic E-state index is 0. The molecule has 0 radical (unpaired) electrons. The number of alkyl halides is 1. The van der Waals surface area contributed by atoms with Gasteiger partial charge in [0.15, 0.2) is 0 Å². The van der Waals surface area contributed by atoms with Crippen molar-refractivity contribution in [3.8, 4) is 0 Å². The van der Waals surface area contributed by atoms with Gasteiger partial charge in [0.05, 0.1) is 5.50 Å². The first kappa shape index (κ1) is 17.0. The Morgan fingerprint density at radius 3 is 2.00 bits per heavy atom. The van der Waals surface area contributed by atoms with Gasteiger partial charge >= 0.3 is 0 Å². The van der Waals surface area contributed by atoms with Crippen LogP contribution in [0.25, 0.3) is 0 Å². The average Bonchev–Trinajstić information content (AvgIpc) is 2.10. The van der Waals surface area contributed by atoms with Crippen LogP contribution in [0, 0.1) is 0 Å². The monoisotopic (exact) mass is 241 g/mol. The van der Waals surface area contributed by atoms with E-state index in [-0.39, 0.29) is 17.9 Å². The summed E-state index contributed by atoms with van der Waals surface area (Å²) >= 11 is 6.08. The summed E-state index contributed by atoms with van der Waals surface area (Å²) < 4.78 is 0. The summed E-state index contributed by atoms with van der Waals surface area (Å²) in [5.74, 6) is 0. The van der Waals surface area contributed by atoms with Crippen LogP contribution in [0.2, 0.25) is 0 Å². The maximum Gasteiger partial charge on any atom is 0.0845 e. The summed E-state index contributed by atoms with van der Waals surface area (Å²) in [5, 5.41) is 0. The minimum atomic E-state index is 0. The standard InChI is InChI=1S/C11H24ClN.ClH/c1-4-5-6-7-8-9-10-11(12)13(2)3;/h11H,4-10H2,1-3H3;1H. The summed E-state index contributed by atoms with van der Waals surface area (Å²) in [4.78, 5) is 2.08. The van der Waals surface area contributed by atoms with E-state index in [1.165, 1.54) is 38.5 Å². The van der Waals surface area contributed by atoms with Gasteiger partial charge in [-0.2, -0.15) is 0 Å². The van der Waals surface area contributed by atoms with E-state index in [9.17, 15) is 0 Å². The fourth-order valence-corrected chi connectivity index (χ4v) is 1.51. The Bertz CT molecular complexity index is 107. The molecule has 14 heavy (non-hydrogen) atoms. The summed E-state index contributed by atoms with van der Waals surface area (Å²) in [6.07, 6.45) is 9.23. The number of hydrogen-bond donors (Lipinski definition) is 0. The van der Waals surface area contributed by atoms with Gasteiger partial charge in [0.2, 0.25) is 0 Å². The van der Waals surface area contributed by atoms with Gasteiger partial charge in [0, 0.05) is 0 Å². The molecule has 0 N–H and O–H groups in total. The van der Waals surface area contributed by atoms with E-state index in [1.807, 2.05) is 14.1 Å². The van der Waals surface area contributed by atoms with Crippen molar-refractivity contribution in [2.75, 3.05) is 14.1 Å². The predicted molar refractivity (Wildman–Crippen MR) is 68.6 cm³/mol. The van der Waals surface area contributed by atoms with Gasteiger partial charge in [-0.3, -0.25) is 4.90 Å². The predicted octanol–water partition coefficient (Wildman–Crippen LogP) is 4.29. The Morgan fingerprint density at radius 1 is 1.00 bits per heavy atom. The average molecular weight is 242 g/mol. The number of nitrogens with zero attached hydrogens (tertiary/aromatic N) is 1. The van der Waals surface area contributed by atoms with Crippen LogP contribution >= 0.6 is 24.0 Å². The molecule has 3 heteroatoms. The lowest BCUT2D eigenvalue weighted by atomic mass is 10.1. The maximum absolute atomic E-state index is 6.08. The normalized spacial score (nSPS) is 12.6. The zero-order valence-corrected chi connectivity index (χ0v) is 11.3. The SMILES string of the molecule is CCCCCCCCC(Cl)N(C)C.Cl. The second-order valence-electron chi connectivity index (χ2n) is 3.95. The van der Waals surface area contributed by atoms with Crippen LogP contribution in [0.4, 0.5) is 0 Å². The molecule has 0 bridgehead atoms. The molecule has 0 fully saturated rings. The zero-order chi connectivity index (χ0) is 10.1. The van der Waals surface area contributed by atoms with Gasteiger partial charge in [-0.05, 0) is 20.5 Å². The number of unbranched alkanes of at least 4 members (excludes halogenated alkanes) is 5. The molecule has 0 aromatic carbocycles. The van der Waals surface area contributed by atoms with Crippen molar-refractivity contribution >= 4 is 24.0 Å². The van der Waals surface area contributed by atoms with Gasteiger partial charge in [-0.1, -0.05) is 45.4 Å². The Morgan fingerprint density at radius 2 is 1.50 bits per heavy atom. The largest absolute Gasteiger partial charge is 0.294 e. The Kier molecular flexibility index (Phi) is 14.1. The van der Waals surface area contributed by atoms with Gasteiger partial charge in [-0.25, -0.2) is 0 Å². The third kappa shape index (κ3) is 10.6. The fourth-order valence-electron chi connectivity index (χ4n) is 1.35. The lowest BCUT2D eigenvalue weighted by Crippen LogP contribution is -2.21. The molecule has 0 aromatic rings. The maximum atomic E-state index is 6.08. The Balaban J connectivity index is 0. The summed E-state index contributed by atoms with van der Waals surface area (Å²) in [7, 11) is 4.07. The van der Waals surface area contributed by atoms with Crippen LogP contribution in [0.15, 0.2) is 0 Å². The van der Waals surface area contributed by atoms with Crippen molar-refractivity contribution in [1.29, 1.82) is 0 Å². The molecule has 0 amide bonds. The van der Waals surface area contributed by atoms with Gasteiger partial charge in [-0.15, -0.1) is 24.0 Å². The van der Waals surface area contributed by atoms with E-state index >= 15 is 0 Å². The number of rotatable bonds is 8. The summed E-state index contributed by atoms with van der Waals surface area (Å²) in [5.41, 5.74) is 0.228. The van der Waals surface area contributed by atoms with Crippen LogP contribution in [0.3, 0.4) is 0 Å². The molecule has 88 valence electrons. The van der Waals surface area contributed by atoms with Crippen molar-refractivity contribution < 1.29 is 0 Å². The number of hydrogen-bond acceptors (Lipinski definition) is 1. The summed E-state index contributed by atoms with van der Waals surface area (Å²) in [6, 6.07) is 0. The second-order valence-corrected chi connectivity index (χ2v) is 4.46. The van der Waals surface area contributed by atoms with Crippen LogP contribution < -0.4 is 0 Å². The molecule has 0 aromatic heterocycles. The first-order chi connectivity index (χ1) is 6.18.